The first kappa shape index (κ1) is 17.0. The molecule has 1 saturated heterocycles. The van der Waals surface area contributed by atoms with Crippen LogP contribution in [-0.2, 0) is 10.0 Å². The zero-order chi connectivity index (χ0) is 18.3. The van der Waals surface area contributed by atoms with E-state index in [1.165, 1.54) is 21.7 Å². The summed E-state index contributed by atoms with van der Waals surface area (Å²) < 4.78 is 31.8. The van der Waals surface area contributed by atoms with Gasteiger partial charge in [-0.15, -0.1) is 11.3 Å². The first-order valence-corrected chi connectivity index (χ1v) is 10.2. The van der Waals surface area contributed by atoms with Crippen LogP contribution >= 0.6 is 11.3 Å². The smallest absolute Gasteiger partial charge is 0.408 e. The molecule has 10 heteroatoms. The number of hydrogen-bond acceptors (Lipinski definition) is 6. The van der Waals surface area contributed by atoms with Crippen LogP contribution in [0.15, 0.2) is 49.1 Å². The molecule has 1 amide bonds. The monoisotopic (exact) mass is 393 g/mol. The molecule has 0 unspecified atom stereocenters. The molecule has 2 aromatic heterocycles. The molecule has 1 fully saturated rings. The van der Waals surface area contributed by atoms with E-state index >= 15 is 0 Å². The van der Waals surface area contributed by atoms with Crippen molar-refractivity contribution in [2.24, 2.45) is 0 Å². The molecule has 0 radical (unpaired) electrons. The highest BCUT2D eigenvalue weighted by molar-refractivity contribution is 7.91. The first-order valence-electron chi connectivity index (χ1n) is 7.91. The highest BCUT2D eigenvalue weighted by atomic mass is 32.2. The average Bonchev–Trinajstić information content (AvgIpc) is 3.29. The lowest BCUT2D eigenvalue weighted by Gasteiger charge is -2.33. The third kappa shape index (κ3) is 2.96. The molecule has 0 saturated carbocycles. The fourth-order valence-electron chi connectivity index (χ4n) is 2.93. The van der Waals surface area contributed by atoms with Gasteiger partial charge in [0.2, 0.25) is 0 Å². The Bertz CT molecular complexity index is 1110. The summed E-state index contributed by atoms with van der Waals surface area (Å²) >= 11 is 1.18. The number of benzene rings is 1. The van der Waals surface area contributed by atoms with Crippen LogP contribution in [0.4, 0.5) is 0 Å². The van der Waals surface area contributed by atoms with Crippen LogP contribution in [0, 0.1) is 0 Å². The fraction of sp³-hybridized carbons (Fsp3) is 0.250. The van der Waals surface area contributed by atoms with Gasteiger partial charge in [0.25, 0.3) is 15.9 Å². The topological polar surface area (TPSA) is 104 Å². The number of hydrogen-bond donors (Lipinski definition) is 1. The van der Waals surface area contributed by atoms with Crippen LogP contribution in [0.1, 0.15) is 10.4 Å². The van der Waals surface area contributed by atoms with Gasteiger partial charge in [0.05, 0.1) is 5.52 Å². The summed E-state index contributed by atoms with van der Waals surface area (Å²) in [5.74, 6) is -0.791. The highest BCUT2D eigenvalue weighted by Gasteiger charge is 2.31. The molecule has 1 aliphatic heterocycles. The highest BCUT2D eigenvalue weighted by Crippen LogP contribution is 2.22. The average molecular weight is 393 g/mol. The zero-order valence-electron chi connectivity index (χ0n) is 13.5. The Balaban J connectivity index is 1.48. The third-order valence-corrected chi connectivity index (χ3v) is 7.55. The lowest BCUT2D eigenvalue weighted by molar-refractivity contribution is 0.0698. The van der Waals surface area contributed by atoms with Gasteiger partial charge in [-0.3, -0.25) is 9.78 Å². The number of carbonyl (C=O) groups excluding carboxylic acids is 1. The van der Waals surface area contributed by atoms with E-state index in [-0.39, 0.29) is 19.0 Å². The van der Waals surface area contributed by atoms with Crippen molar-refractivity contribution in [1.82, 2.24) is 14.2 Å². The van der Waals surface area contributed by atoms with E-state index in [2.05, 4.69) is 4.98 Å². The maximum absolute atomic E-state index is 12.7. The summed E-state index contributed by atoms with van der Waals surface area (Å²) in [7, 11) is -3.50. The number of oxazole rings is 1. The summed E-state index contributed by atoms with van der Waals surface area (Å²) in [4.78, 5) is 28.0. The zero-order valence-corrected chi connectivity index (χ0v) is 15.2. The number of fused-ring (bicyclic) bond motifs is 1. The number of nitrogens with zero attached hydrogens (tertiary/aromatic N) is 2. The van der Waals surface area contributed by atoms with Gasteiger partial charge < -0.3 is 9.32 Å². The second kappa shape index (κ2) is 6.38. The van der Waals surface area contributed by atoms with Crippen molar-refractivity contribution in [1.29, 1.82) is 0 Å². The van der Waals surface area contributed by atoms with Crippen LogP contribution in [0.2, 0.25) is 0 Å². The summed E-state index contributed by atoms with van der Waals surface area (Å²) in [5.41, 5.74) is 1.24. The Morgan fingerprint density at radius 1 is 1.15 bits per heavy atom. The van der Waals surface area contributed by atoms with Crippen molar-refractivity contribution in [2.45, 2.75) is 4.21 Å². The molecule has 136 valence electrons. The molecule has 3 aromatic rings. The Morgan fingerprint density at radius 2 is 1.92 bits per heavy atom. The minimum Gasteiger partial charge on any atom is -0.408 e. The van der Waals surface area contributed by atoms with E-state index in [1.54, 1.807) is 34.5 Å². The number of thiophene rings is 1. The van der Waals surface area contributed by atoms with Gasteiger partial charge in [-0.1, -0.05) is 6.07 Å². The van der Waals surface area contributed by atoms with Crippen molar-refractivity contribution < 1.29 is 17.6 Å². The van der Waals surface area contributed by atoms with Crippen molar-refractivity contribution in [3.05, 3.63) is 51.8 Å². The maximum Gasteiger partial charge on any atom is 0.417 e. The van der Waals surface area contributed by atoms with Gasteiger partial charge >= 0.3 is 5.76 Å². The molecule has 26 heavy (non-hydrogen) atoms. The number of aromatic amines is 1. The van der Waals surface area contributed by atoms with Crippen molar-refractivity contribution in [3.63, 3.8) is 0 Å². The minimum atomic E-state index is -3.50. The molecule has 3 heterocycles. The second-order valence-electron chi connectivity index (χ2n) is 5.85. The molecule has 0 spiro atoms. The Labute approximate surface area is 152 Å². The van der Waals surface area contributed by atoms with Gasteiger partial charge in [-0.05, 0) is 29.6 Å². The molecule has 0 atom stereocenters. The first-order chi connectivity index (χ1) is 12.4. The predicted octanol–water partition coefficient (Wildman–Crippen LogP) is 1.33. The lowest BCUT2D eigenvalue weighted by Crippen LogP contribution is -2.50. The quantitative estimate of drug-likeness (QED) is 0.723. The maximum atomic E-state index is 12.7. The van der Waals surface area contributed by atoms with E-state index < -0.39 is 15.8 Å². The summed E-state index contributed by atoms with van der Waals surface area (Å²) in [6, 6.07) is 8.03. The van der Waals surface area contributed by atoms with Gasteiger partial charge in [0.15, 0.2) is 5.58 Å². The molecule has 0 aliphatic carbocycles. The van der Waals surface area contributed by atoms with E-state index in [0.29, 0.717) is 34.0 Å². The SMILES string of the molecule is O=C(c1ccc2[nH]c(=O)oc2c1)N1CCN(S(=O)(=O)c2cccs2)CC1. The lowest BCUT2D eigenvalue weighted by atomic mass is 10.1. The summed E-state index contributed by atoms with van der Waals surface area (Å²) in [6.07, 6.45) is 0. The molecular formula is C16H15N3O5S2. The number of rotatable bonds is 3. The van der Waals surface area contributed by atoms with Crippen LogP contribution in [0.5, 0.6) is 0 Å². The van der Waals surface area contributed by atoms with Gasteiger partial charge in [0, 0.05) is 31.7 Å². The molecule has 8 nitrogen and oxygen atoms in total. The van der Waals surface area contributed by atoms with Gasteiger partial charge in [-0.2, -0.15) is 4.31 Å². The predicted molar refractivity (Wildman–Crippen MR) is 95.8 cm³/mol. The standard InChI is InChI=1S/C16H15N3O5S2/c20-15(11-3-4-12-13(10-11)24-16(21)17-12)18-5-7-19(8-6-18)26(22,23)14-2-1-9-25-14/h1-4,9-10H,5-8H2,(H,17,21). The summed E-state index contributed by atoms with van der Waals surface area (Å²) in [5, 5.41) is 1.72. The molecule has 1 N–H and O–H groups in total. The van der Waals surface area contributed by atoms with Crippen LogP contribution < -0.4 is 5.76 Å². The van der Waals surface area contributed by atoms with Crippen molar-refractivity contribution in [3.8, 4) is 0 Å². The molecular weight excluding hydrogens is 378 g/mol. The van der Waals surface area contributed by atoms with E-state index in [9.17, 15) is 18.0 Å². The number of H-pyrrole nitrogens is 1. The Morgan fingerprint density at radius 3 is 2.62 bits per heavy atom. The number of nitrogens with one attached hydrogen (secondary N) is 1. The molecule has 0 bridgehead atoms. The minimum absolute atomic E-state index is 0.219. The fourth-order valence-corrected chi connectivity index (χ4v) is 5.50. The van der Waals surface area contributed by atoms with Crippen molar-refractivity contribution in [2.75, 3.05) is 26.2 Å². The Hall–Kier alpha value is -2.43. The van der Waals surface area contributed by atoms with E-state index in [0.717, 1.165) is 0 Å². The molecule has 1 aromatic carbocycles. The molecule has 4 rings (SSSR count). The van der Waals surface area contributed by atoms with Crippen molar-refractivity contribution >= 4 is 38.4 Å². The van der Waals surface area contributed by atoms with E-state index in [1.807, 2.05) is 0 Å². The van der Waals surface area contributed by atoms with Crippen LogP contribution in [0.3, 0.4) is 0 Å². The molecule has 1 aliphatic rings. The Kier molecular flexibility index (Phi) is 4.17. The van der Waals surface area contributed by atoms with E-state index in [4.69, 9.17) is 4.42 Å². The number of piperazine rings is 1. The van der Waals surface area contributed by atoms with Crippen LogP contribution in [0.25, 0.3) is 11.1 Å². The van der Waals surface area contributed by atoms with Gasteiger partial charge in [-0.25, -0.2) is 13.2 Å². The second-order valence-corrected chi connectivity index (χ2v) is 8.97. The summed E-state index contributed by atoms with van der Waals surface area (Å²) in [6.45, 7) is 1.10. The number of amides is 1. The number of sulfonamides is 1. The normalized spacial score (nSPS) is 16.2. The van der Waals surface area contributed by atoms with Gasteiger partial charge in [0.1, 0.15) is 4.21 Å². The van der Waals surface area contributed by atoms with Crippen LogP contribution in [-0.4, -0.2) is 54.7 Å². The third-order valence-electron chi connectivity index (χ3n) is 4.28. The largest absolute Gasteiger partial charge is 0.417 e. The number of aromatic nitrogens is 1. The number of carbonyl (C=O) groups is 1.